The summed E-state index contributed by atoms with van der Waals surface area (Å²) in [5.41, 5.74) is 10.7. The van der Waals surface area contributed by atoms with Crippen LogP contribution < -0.4 is 11.5 Å². The van der Waals surface area contributed by atoms with Crippen LogP contribution in [0.5, 0.6) is 0 Å². The van der Waals surface area contributed by atoms with Crippen LogP contribution in [0.2, 0.25) is 0 Å². The molecule has 1 rings (SSSR count). The molecule has 0 saturated heterocycles. The van der Waals surface area contributed by atoms with Gasteiger partial charge in [-0.25, -0.2) is 0 Å². The molecule has 0 aromatic heterocycles. The number of hydrogen-bond acceptors (Lipinski definition) is 4. The van der Waals surface area contributed by atoms with Crippen molar-refractivity contribution in [3.63, 3.8) is 0 Å². The predicted octanol–water partition coefficient (Wildman–Crippen LogP) is 1.86. The number of hydrogen-bond donors (Lipinski definition) is 6. The van der Waals surface area contributed by atoms with E-state index in [0.717, 1.165) is 32.1 Å². The Morgan fingerprint density at radius 1 is 0.960 bits per heavy atom. The van der Waals surface area contributed by atoms with Crippen molar-refractivity contribution < 1.29 is 28.7 Å². The molecule has 0 aromatic carbocycles. The summed E-state index contributed by atoms with van der Waals surface area (Å²) in [7, 11) is -7.77. The Hall–Kier alpha value is 0.220. The van der Waals surface area contributed by atoms with Gasteiger partial charge in [0.1, 0.15) is 0 Å². The Balaban J connectivity index is 0.000000463. The minimum atomic E-state index is -3.90. The largest absolute Gasteiger partial charge is 0.330 e. The summed E-state index contributed by atoms with van der Waals surface area (Å²) >= 11 is 0. The van der Waals surface area contributed by atoms with E-state index < -0.39 is 15.2 Å². The maximum absolute atomic E-state index is 10.9. The van der Waals surface area contributed by atoms with Crippen LogP contribution in [0.4, 0.5) is 0 Å². The van der Waals surface area contributed by atoms with E-state index in [9.17, 15) is 9.13 Å². The quantitative estimate of drug-likeness (QED) is 0.334. The molecule has 0 aliphatic heterocycles. The van der Waals surface area contributed by atoms with Gasteiger partial charge in [0.2, 0.25) is 0 Å². The zero-order valence-electron chi connectivity index (χ0n) is 15.4. The van der Waals surface area contributed by atoms with Crippen LogP contribution in [-0.4, -0.2) is 45.0 Å². The summed E-state index contributed by atoms with van der Waals surface area (Å²) in [5, 5.41) is 0. The van der Waals surface area contributed by atoms with Gasteiger partial charge in [0, 0.05) is 0 Å². The topological polar surface area (TPSA) is 167 Å². The molecule has 1 saturated carbocycles. The van der Waals surface area contributed by atoms with E-state index in [0.29, 0.717) is 19.0 Å². The molecule has 1 aliphatic carbocycles. The van der Waals surface area contributed by atoms with Crippen molar-refractivity contribution in [3.05, 3.63) is 0 Å². The first-order valence-corrected chi connectivity index (χ1v) is 12.4. The molecular formula is C15H36N2O6P2. The fraction of sp³-hybridized carbons (Fsp3) is 1.00. The Kier molecular flexibility index (Phi) is 11.2. The van der Waals surface area contributed by atoms with E-state index in [1.54, 1.807) is 0 Å². The third-order valence-electron chi connectivity index (χ3n) is 4.52. The van der Waals surface area contributed by atoms with Gasteiger partial charge < -0.3 is 31.0 Å². The van der Waals surface area contributed by atoms with E-state index >= 15 is 0 Å². The molecule has 152 valence electrons. The molecule has 1 unspecified atom stereocenters. The van der Waals surface area contributed by atoms with Crippen molar-refractivity contribution in [2.45, 2.75) is 52.4 Å². The number of rotatable bonds is 8. The van der Waals surface area contributed by atoms with E-state index in [1.165, 1.54) is 6.42 Å². The molecule has 10 heteroatoms. The van der Waals surface area contributed by atoms with Crippen LogP contribution in [-0.2, 0) is 9.13 Å². The molecule has 8 N–H and O–H groups in total. The highest BCUT2D eigenvalue weighted by molar-refractivity contribution is 7.52. The lowest BCUT2D eigenvalue weighted by molar-refractivity contribution is 0.214. The van der Waals surface area contributed by atoms with Gasteiger partial charge in [0.15, 0.2) is 0 Å². The summed E-state index contributed by atoms with van der Waals surface area (Å²) in [6.07, 6.45) is 5.68. The molecular weight excluding hydrogens is 366 g/mol. The highest BCUT2D eigenvalue weighted by atomic mass is 31.2. The lowest BCUT2D eigenvalue weighted by atomic mass is 9.76. The van der Waals surface area contributed by atoms with Gasteiger partial charge in [-0.15, -0.1) is 0 Å². The first-order valence-electron chi connectivity index (χ1n) is 8.82. The monoisotopic (exact) mass is 402 g/mol. The SMILES string of the molecule is CC(C)CC(CN)CP(=O)(O)O.NCC1(CP(=O)(O)O)CCCCC1. The van der Waals surface area contributed by atoms with Crippen molar-refractivity contribution in [3.8, 4) is 0 Å². The second kappa shape index (κ2) is 11.2. The first kappa shape index (κ1) is 25.2. The standard InChI is InChI=1S/C8H18NO3P.C7H18NO3P/c9-6-8(7-13(10,11)12)4-2-1-3-5-8;1-6(2)3-7(4-8)5-12(9,10)11/h1-7,9H2,(H2,10,11,12);6-7H,3-5,8H2,1-2H3,(H2,9,10,11). The average molecular weight is 402 g/mol. The maximum atomic E-state index is 10.9. The van der Waals surface area contributed by atoms with E-state index in [-0.39, 0.29) is 23.7 Å². The Morgan fingerprint density at radius 3 is 1.80 bits per heavy atom. The normalized spacial score (nSPS) is 19.2. The van der Waals surface area contributed by atoms with Gasteiger partial charge >= 0.3 is 15.2 Å². The number of nitrogens with two attached hydrogens (primary N) is 2. The lowest BCUT2D eigenvalue weighted by Gasteiger charge is -2.36. The zero-order valence-corrected chi connectivity index (χ0v) is 17.2. The first-order chi connectivity index (χ1) is 11.3. The van der Waals surface area contributed by atoms with Crippen molar-refractivity contribution in [2.24, 2.45) is 28.7 Å². The highest BCUT2D eigenvalue weighted by Gasteiger charge is 2.36. The van der Waals surface area contributed by atoms with Gasteiger partial charge in [-0.05, 0) is 49.6 Å². The van der Waals surface area contributed by atoms with Crippen molar-refractivity contribution in [1.29, 1.82) is 0 Å². The molecule has 1 aliphatic rings. The van der Waals surface area contributed by atoms with Crippen LogP contribution in [0.25, 0.3) is 0 Å². The predicted molar refractivity (Wildman–Crippen MR) is 100 cm³/mol. The molecule has 1 atom stereocenters. The van der Waals surface area contributed by atoms with Crippen molar-refractivity contribution >= 4 is 15.2 Å². The van der Waals surface area contributed by atoms with E-state index in [2.05, 4.69) is 0 Å². The van der Waals surface area contributed by atoms with Gasteiger partial charge in [-0.3, -0.25) is 9.13 Å². The third kappa shape index (κ3) is 13.1. The van der Waals surface area contributed by atoms with Gasteiger partial charge in [0.05, 0.1) is 12.3 Å². The summed E-state index contributed by atoms with van der Waals surface area (Å²) in [6.45, 7) is 4.78. The fourth-order valence-corrected chi connectivity index (χ4v) is 5.70. The third-order valence-corrected chi connectivity index (χ3v) is 6.60. The Labute approximate surface area is 151 Å². The second-order valence-corrected chi connectivity index (χ2v) is 11.0. The molecule has 1 fully saturated rings. The van der Waals surface area contributed by atoms with Crippen molar-refractivity contribution in [1.82, 2.24) is 0 Å². The Morgan fingerprint density at radius 2 is 1.48 bits per heavy atom. The molecule has 0 spiro atoms. The van der Waals surface area contributed by atoms with Crippen LogP contribution >= 0.6 is 15.2 Å². The Bertz CT molecular complexity index is 457. The van der Waals surface area contributed by atoms with Crippen LogP contribution in [0.15, 0.2) is 0 Å². The zero-order chi connectivity index (χ0) is 19.7. The van der Waals surface area contributed by atoms with Gasteiger partial charge in [-0.1, -0.05) is 33.1 Å². The highest BCUT2D eigenvalue weighted by Crippen LogP contribution is 2.47. The molecule has 0 heterocycles. The minimum absolute atomic E-state index is 0.0312. The summed E-state index contributed by atoms with van der Waals surface area (Å²) in [4.78, 5) is 35.2. The average Bonchev–Trinajstić information content (AvgIpc) is 2.44. The molecule has 8 nitrogen and oxygen atoms in total. The summed E-state index contributed by atoms with van der Waals surface area (Å²) in [5.74, 6) is 0.385. The van der Waals surface area contributed by atoms with E-state index in [1.807, 2.05) is 13.8 Å². The molecule has 0 bridgehead atoms. The lowest BCUT2D eigenvalue weighted by Crippen LogP contribution is -2.36. The minimum Gasteiger partial charge on any atom is -0.330 e. The second-order valence-electron chi connectivity index (χ2n) is 7.67. The van der Waals surface area contributed by atoms with Crippen LogP contribution in [0.1, 0.15) is 52.4 Å². The van der Waals surface area contributed by atoms with Crippen LogP contribution in [0.3, 0.4) is 0 Å². The molecule has 25 heavy (non-hydrogen) atoms. The van der Waals surface area contributed by atoms with E-state index in [4.69, 9.17) is 31.0 Å². The van der Waals surface area contributed by atoms with Gasteiger partial charge in [-0.2, -0.15) is 0 Å². The molecule has 0 aromatic rings. The smallest absolute Gasteiger partial charge is 0.326 e. The van der Waals surface area contributed by atoms with Crippen LogP contribution in [0, 0.1) is 17.3 Å². The van der Waals surface area contributed by atoms with Crippen molar-refractivity contribution in [2.75, 3.05) is 25.4 Å². The summed E-state index contributed by atoms with van der Waals surface area (Å²) < 4.78 is 21.5. The maximum Gasteiger partial charge on any atom is 0.326 e. The summed E-state index contributed by atoms with van der Waals surface area (Å²) in [6, 6.07) is 0. The fourth-order valence-electron chi connectivity index (χ4n) is 3.41. The molecule has 0 amide bonds. The molecule has 0 radical (unpaired) electrons. The van der Waals surface area contributed by atoms with Gasteiger partial charge in [0.25, 0.3) is 0 Å².